The first-order valence-corrected chi connectivity index (χ1v) is 4.89. The summed E-state index contributed by atoms with van der Waals surface area (Å²) in [5.41, 5.74) is 1.54. The average molecular weight is 240 g/mol. The van der Waals surface area contributed by atoms with E-state index in [0.717, 1.165) is 0 Å². The van der Waals surface area contributed by atoms with E-state index in [9.17, 15) is 9.59 Å². The first-order valence-electron chi connectivity index (χ1n) is 3.77. The number of hydrogen-bond donors (Lipinski definition) is 0. The zero-order valence-corrected chi connectivity index (χ0v) is 8.24. The normalized spacial score (nSPS) is 15.0. The summed E-state index contributed by atoms with van der Waals surface area (Å²) in [5.74, 6) is -0.881. The van der Waals surface area contributed by atoms with Crippen molar-refractivity contribution in [3.05, 3.63) is 29.8 Å². The van der Waals surface area contributed by atoms with Gasteiger partial charge in [-0.05, 0) is 12.1 Å². The molecule has 0 fully saturated rings. The summed E-state index contributed by atoms with van der Waals surface area (Å²) < 4.78 is 0. The second-order valence-corrected chi connectivity index (χ2v) is 3.20. The molecular weight excluding hydrogens is 234 g/mol. The van der Waals surface area contributed by atoms with Crippen molar-refractivity contribution in [3.8, 4) is 0 Å². The van der Waals surface area contributed by atoms with E-state index < -0.39 is 11.7 Å². The highest BCUT2D eigenvalue weighted by molar-refractivity contribution is 9.09. The van der Waals surface area contributed by atoms with E-state index in [1.807, 2.05) is 0 Å². The van der Waals surface area contributed by atoms with E-state index in [0.29, 0.717) is 16.7 Å². The van der Waals surface area contributed by atoms with Crippen molar-refractivity contribution in [2.75, 3.05) is 10.4 Å². The molecule has 0 aliphatic carbocycles. The molecule has 0 atom stereocenters. The Morgan fingerprint density at radius 1 is 1.23 bits per heavy atom. The maximum Gasteiger partial charge on any atom is 0.300 e. The van der Waals surface area contributed by atoms with Crippen LogP contribution >= 0.6 is 15.9 Å². The molecule has 66 valence electrons. The summed E-state index contributed by atoms with van der Waals surface area (Å²) in [6.45, 7) is 0. The maximum absolute atomic E-state index is 11.4. The van der Waals surface area contributed by atoms with Gasteiger partial charge in [0.1, 0.15) is 0 Å². The van der Waals surface area contributed by atoms with Gasteiger partial charge < -0.3 is 0 Å². The molecule has 1 amide bonds. The van der Waals surface area contributed by atoms with Crippen molar-refractivity contribution in [2.45, 2.75) is 0 Å². The molecule has 1 heterocycles. The highest BCUT2D eigenvalue weighted by Gasteiger charge is 2.34. The lowest BCUT2D eigenvalue weighted by Crippen LogP contribution is -2.27. The van der Waals surface area contributed by atoms with Crippen LogP contribution in [0.25, 0.3) is 0 Å². The van der Waals surface area contributed by atoms with Crippen molar-refractivity contribution in [3.63, 3.8) is 0 Å². The Morgan fingerprint density at radius 2 is 1.92 bits per heavy atom. The average Bonchev–Trinajstić information content (AvgIpc) is 2.41. The first-order chi connectivity index (χ1) is 6.25. The fourth-order valence-corrected chi connectivity index (χ4v) is 1.86. The molecule has 0 N–H and O–H groups in total. The molecule has 1 aliphatic rings. The summed E-state index contributed by atoms with van der Waals surface area (Å²) in [6.07, 6.45) is 0. The zero-order chi connectivity index (χ0) is 9.42. The van der Waals surface area contributed by atoms with Crippen molar-refractivity contribution in [1.29, 1.82) is 0 Å². The lowest BCUT2D eigenvalue weighted by molar-refractivity contribution is -0.114. The topological polar surface area (TPSA) is 37.4 Å². The molecular formula is C9H6BrNO2. The minimum absolute atomic E-state index is 0.356. The Kier molecular flexibility index (Phi) is 1.92. The number of benzene rings is 1. The summed E-state index contributed by atoms with van der Waals surface area (Å²) in [7, 11) is 0. The standard InChI is InChI=1S/C9H6BrNO2/c10-5-11-7-4-2-1-3-6(7)8(12)9(11)13/h1-4H,5H2. The smallest absolute Gasteiger partial charge is 0.294 e. The molecule has 0 saturated carbocycles. The quantitative estimate of drug-likeness (QED) is 0.424. The van der Waals surface area contributed by atoms with Gasteiger partial charge in [0, 0.05) is 0 Å². The van der Waals surface area contributed by atoms with E-state index in [4.69, 9.17) is 0 Å². The minimum Gasteiger partial charge on any atom is -0.294 e. The molecule has 2 rings (SSSR count). The molecule has 0 saturated heterocycles. The number of amides is 1. The molecule has 4 heteroatoms. The number of alkyl halides is 1. The van der Waals surface area contributed by atoms with E-state index in [-0.39, 0.29) is 0 Å². The molecule has 0 bridgehead atoms. The molecule has 1 aromatic carbocycles. The van der Waals surface area contributed by atoms with Crippen LogP contribution in [0.2, 0.25) is 0 Å². The predicted molar refractivity (Wildman–Crippen MR) is 52.1 cm³/mol. The minimum atomic E-state index is -0.460. The van der Waals surface area contributed by atoms with Gasteiger partial charge in [-0.15, -0.1) is 0 Å². The highest BCUT2D eigenvalue weighted by Crippen LogP contribution is 2.28. The fourth-order valence-electron chi connectivity index (χ4n) is 1.37. The van der Waals surface area contributed by atoms with Crippen molar-refractivity contribution in [2.24, 2.45) is 0 Å². The van der Waals surface area contributed by atoms with Crippen molar-refractivity contribution < 1.29 is 9.59 Å². The Labute approximate surface area is 83.5 Å². The summed E-state index contributed by atoms with van der Waals surface area (Å²) in [6, 6.07) is 6.99. The third-order valence-corrected chi connectivity index (χ3v) is 2.50. The Hall–Kier alpha value is -1.16. The Balaban J connectivity index is 2.60. The van der Waals surface area contributed by atoms with Gasteiger partial charge in [0.25, 0.3) is 11.7 Å². The van der Waals surface area contributed by atoms with Gasteiger partial charge in [0.15, 0.2) is 0 Å². The number of rotatable bonds is 1. The second kappa shape index (κ2) is 2.96. The van der Waals surface area contributed by atoms with Crippen LogP contribution < -0.4 is 4.90 Å². The van der Waals surface area contributed by atoms with Crippen LogP contribution in [-0.2, 0) is 4.79 Å². The summed E-state index contributed by atoms with van der Waals surface area (Å²) in [5, 5.41) is 0. The number of fused-ring (bicyclic) bond motifs is 1. The molecule has 0 spiro atoms. The molecule has 1 aromatic rings. The lowest BCUT2D eigenvalue weighted by atomic mass is 10.1. The van der Waals surface area contributed by atoms with Gasteiger partial charge in [-0.3, -0.25) is 14.5 Å². The van der Waals surface area contributed by atoms with Crippen LogP contribution in [0.5, 0.6) is 0 Å². The SMILES string of the molecule is O=C1C(=O)N(CBr)c2ccccc21. The Bertz CT molecular complexity index is 389. The Morgan fingerprint density at radius 3 is 2.62 bits per heavy atom. The van der Waals surface area contributed by atoms with Gasteiger partial charge in [-0.1, -0.05) is 28.1 Å². The second-order valence-electron chi connectivity index (χ2n) is 2.70. The molecule has 0 radical (unpaired) electrons. The number of carbonyl (C=O) groups is 2. The number of anilines is 1. The van der Waals surface area contributed by atoms with Gasteiger partial charge in [-0.2, -0.15) is 0 Å². The lowest BCUT2D eigenvalue weighted by Gasteiger charge is -2.11. The molecule has 3 nitrogen and oxygen atoms in total. The summed E-state index contributed by atoms with van der Waals surface area (Å²) >= 11 is 3.17. The van der Waals surface area contributed by atoms with Crippen molar-refractivity contribution >= 4 is 33.3 Å². The maximum atomic E-state index is 11.4. The van der Waals surface area contributed by atoms with Crippen LogP contribution in [-0.4, -0.2) is 17.1 Å². The molecule has 0 unspecified atom stereocenters. The summed E-state index contributed by atoms with van der Waals surface area (Å²) in [4.78, 5) is 24.1. The number of nitrogens with zero attached hydrogens (tertiary/aromatic N) is 1. The largest absolute Gasteiger partial charge is 0.300 e. The zero-order valence-electron chi connectivity index (χ0n) is 6.66. The van der Waals surface area contributed by atoms with Crippen LogP contribution in [0.4, 0.5) is 5.69 Å². The van der Waals surface area contributed by atoms with E-state index >= 15 is 0 Å². The predicted octanol–water partition coefficient (Wildman–Crippen LogP) is 1.57. The number of halogens is 1. The van der Waals surface area contributed by atoms with Crippen LogP contribution in [0, 0.1) is 0 Å². The van der Waals surface area contributed by atoms with Gasteiger partial charge in [-0.25, -0.2) is 0 Å². The van der Waals surface area contributed by atoms with Gasteiger partial charge in [0.05, 0.1) is 16.7 Å². The molecule has 0 aromatic heterocycles. The van der Waals surface area contributed by atoms with Gasteiger partial charge in [0.2, 0.25) is 0 Å². The van der Waals surface area contributed by atoms with E-state index in [2.05, 4.69) is 15.9 Å². The molecule has 1 aliphatic heterocycles. The van der Waals surface area contributed by atoms with Crippen LogP contribution in [0.3, 0.4) is 0 Å². The number of ketones is 1. The van der Waals surface area contributed by atoms with Crippen molar-refractivity contribution in [1.82, 2.24) is 0 Å². The molecule has 13 heavy (non-hydrogen) atoms. The monoisotopic (exact) mass is 239 g/mol. The van der Waals surface area contributed by atoms with Crippen LogP contribution in [0.1, 0.15) is 10.4 Å². The fraction of sp³-hybridized carbons (Fsp3) is 0.111. The number of para-hydroxylation sites is 1. The first kappa shape index (κ1) is 8.44. The number of carbonyl (C=O) groups excluding carboxylic acids is 2. The van der Waals surface area contributed by atoms with E-state index in [1.54, 1.807) is 24.3 Å². The third kappa shape index (κ3) is 1.09. The van der Waals surface area contributed by atoms with Gasteiger partial charge >= 0.3 is 0 Å². The van der Waals surface area contributed by atoms with Crippen LogP contribution in [0.15, 0.2) is 24.3 Å². The number of hydrogen-bond acceptors (Lipinski definition) is 2. The highest BCUT2D eigenvalue weighted by atomic mass is 79.9. The van der Waals surface area contributed by atoms with E-state index in [1.165, 1.54) is 4.90 Å². The third-order valence-electron chi connectivity index (χ3n) is 2.00. The number of Topliss-reactive ketones (excluding diaryl/α,β-unsaturated/α-hetero) is 1.